The standard InChI is InChI=1S/C26H27N3O8/c1-15-22(25(31)35-4)24(18-6-5-7-20(14-18)29(33)34)23(16(2)27-15)26(32)37-13-12-36-21-10-8-19(9-11-21)28-17(3)30/h5-11,14,22,24H,12-13H2,1-4H3,(H,28,30). The van der Waals surface area contributed by atoms with Gasteiger partial charge in [-0.3, -0.25) is 24.7 Å². The SMILES string of the molecule is COC(=O)C1C(C)=NC(C)=C(C(=O)OCCOc2ccc(NC(C)=O)cc2)C1c1cccc([N+](=O)[O-])c1. The first-order valence-corrected chi connectivity index (χ1v) is 11.4. The summed E-state index contributed by atoms with van der Waals surface area (Å²) in [6.45, 7) is 4.61. The molecule has 0 spiro atoms. The van der Waals surface area contributed by atoms with Gasteiger partial charge >= 0.3 is 11.9 Å². The van der Waals surface area contributed by atoms with Crippen LogP contribution in [-0.2, 0) is 23.9 Å². The number of nitro groups is 1. The molecule has 1 amide bonds. The normalized spacial score (nSPS) is 16.9. The molecule has 11 nitrogen and oxygen atoms in total. The number of nitrogens with zero attached hydrogens (tertiary/aromatic N) is 2. The Morgan fingerprint density at radius 2 is 1.78 bits per heavy atom. The van der Waals surface area contributed by atoms with Crippen molar-refractivity contribution < 1.29 is 33.5 Å². The van der Waals surface area contributed by atoms with E-state index in [9.17, 15) is 24.5 Å². The van der Waals surface area contributed by atoms with Gasteiger partial charge in [-0.15, -0.1) is 0 Å². The van der Waals surface area contributed by atoms with Crippen molar-refractivity contribution in [3.8, 4) is 5.75 Å². The molecule has 37 heavy (non-hydrogen) atoms. The maximum absolute atomic E-state index is 13.2. The van der Waals surface area contributed by atoms with Crippen LogP contribution in [-0.4, -0.2) is 48.8 Å². The lowest BCUT2D eigenvalue weighted by atomic mass is 9.75. The second kappa shape index (κ2) is 11.9. The van der Waals surface area contributed by atoms with Gasteiger partial charge in [0, 0.05) is 42.1 Å². The number of amides is 1. The number of carbonyl (C=O) groups is 3. The quantitative estimate of drug-likeness (QED) is 0.232. The third kappa shape index (κ3) is 6.57. The Labute approximate surface area is 213 Å². The maximum atomic E-state index is 13.2. The summed E-state index contributed by atoms with van der Waals surface area (Å²) >= 11 is 0. The van der Waals surface area contributed by atoms with Crippen molar-refractivity contribution in [2.45, 2.75) is 26.7 Å². The summed E-state index contributed by atoms with van der Waals surface area (Å²) in [6, 6.07) is 12.4. The van der Waals surface area contributed by atoms with Crippen molar-refractivity contribution in [3.63, 3.8) is 0 Å². The molecule has 3 rings (SSSR count). The number of allylic oxidation sites excluding steroid dienone is 1. The molecular weight excluding hydrogens is 482 g/mol. The van der Waals surface area contributed by atoms with Crippen LogP contribution in [0.25, 0.3) is 0 Å². The molecule has 2 aromatic carbocycles. The lowest BCUT2D eigenvalue weighted by molar-refractivity contribution is -0.384. The van der Waals surface area contributed by atoms with Gasteiger partial charge in [0.15, 0.2) is 0 Å². The molecule has 0 fully saturated rings. The summed E-state index contributed by atoms with van der Waals surface area (Å²) in [7, 11) is 1.23. The smallest absolute Gasteiger partial charge is 0.336 e. The van der Waals surface area contributed by atoms with E-state index in [1.165, 1.54) is 32.2 Å². The van der Waals surface area contributed by atoms with Gasteiger partial charge in [-0.05, 0) is 43.7 Å². The van der Waals surface area contributed by atoms with E-state index in [1.807, 2.05) is 0 Å². The first-order valence-electron chi connectivity index (χ1n) is 11.4. The average Bonchev–Trinajstić information content (AvgIpc) is 2.86. The van der Waals surface area contributed by atoms with Crippen molar-refractivity contribution in [1.82, 2.24) is 0 Å². The summed E-state index contributed by atoms with van der Waals surface area (Å²) in [5.74, 6) is -2.87. The minimum Gasteiger partial charge on any atom is -0.490 e. The van der Waals surface area contributed by atoms with Crippen molar-refractivity contribution >= 4 is 34.9 Å². The third-order valence-corrected chi connectivity index (χ3v) is 5.70. The summed E-state index contributed by atoms with van der Waals surface area (Å²) in [5.41, 5.74) is 1.71. The van der Waals surface area contributed by atoms with E-state index in [-0.39, 0.29) is 30.4 Å². The molecule has 0 bridgehead atoms. The second-order valence-electron chi connectivity index (χ2n) is 8.27. The Morgan fingerprint density at radius 1 is 1.08 bits per heavy atom. The predicted molar refractivity (Wildman–Crippen MR) is 134 cm³/mol. The van der Waals surface area contributed by atoms with E-state index in [0.29, 0.717) is 28.4 Å². The zero-order chi connectivity index (χ0) is 27.1. The highest BCUT2D eigenvalue weighted by Crippen LogP contribution is 2.40. The number of carbonyl (C=O) groups excluding carboxylic acids is 3. The van der Waals surface area contributed by atoms with Crippen LogP contribution in [0.15, 0.2) is 64.8 Å². The minimum absolute atomic E-state index is 0.0434. The van der Waals surface area contributed by atoms with Gasteiger partial charge in [0.2, 0.25) is 5.91 Å². The van der Waals surface area contributed by atoms with Crippen molar-refractivity contribution in [2.75, 3.05) is 25.6 Å². The molecule has 11 heteroatoms. The molecule has 2 unspecified atom stereocenters. The number of aliphatic imine (C=N–C) groups is 1. The van der Waals surface area contributed by atoms with Crippen LogP contribution < -0.4 is 10.1 Å². The van der Waals surface area contributed by atoms with E-state index in [2.05, 4.69) is 10.3 Å². The number of ether oxygens (including phenoxy) is 3. The molecule has 1 aliphatic rings. The van der Waals surface area contributed by atoms with Crippen LogP contribution in [0.4, 0.5) is 11.4 Å². The van der Waals surface area contributed by atoms with E-state index in [1.54, 1.807) is 44.2 Å². The Balaban J connectivity index is 1.78. The summed E-state index contributed by atoms with van der Waals surface area (Å²) in [5, 5.41) is 14.0. The number of non-ortho nitro benzene ring substituents is 1. The molecule has 1 aliphatic heterocycles. The number of nitrogens with one attached hydrogen (secondary N) is 1. The monoisotopic (exact) mass is 509 g/mol. The average molecular weight is 510 g/mol. The Morgan fingerprint density at radius 3 is 2.41 bits per heavy atom. The highest BCUT2D eigenvalue weighted by molar-refractivity contribution is 6.07. The van der Waals surface area contributed by atoms with Crippen LogP contribution in [0.3, 0.4) is 0 Å². The van der Waals surface area contributed by atoms with Crippen molar-refractivity contribution in [3.05, 3.63) is 75.5 Å². The largest absolute Gasteiger partial charge is 0.490 e. The van der Waals surface area contributed by atoms with E-state index in [4.69, 9.17) is 14.2 Å². The van der Waals surface area contributed by atoms with Gasteiger partial charge in [0.1, 0.15) is 24.9 Å². The number of esters is 2. The number of rotatable bonds is 9. The molecule has 0 saturated carbocycles. The fraction of sp³-hybridized carbons (Fsp3) is 0.308. The molecule has 0 aromatic heterocycles. The Kier molecular flexibility index (Phi) is 8.72. The molecule has 1 heterocycles. The number of anilines is 1. The van der Waals surface area contributed by atoms with Gasteiger partial charge in [0.05, 0.1) is 17.6 Å². The maximum Gasteiger partial charge on any atom is 0.336 e. The molecule has 0 radical (unpaired) electrons. The molecule has 0 aliphatic carbocycles. The van der Waals surface area contributed by atoms with Gasteiger partial charge in [-0.1, -0.05) is 12.1 Å². The van der Waals surface area contributed by atoms with E-state index >= 15 is 0 Å². The summed E-state index contributed by atoms with van der Waals surface area (Å²) in [6.07, 6.45) is 0. The number of nitro benzene ring substituents is 1. The van der Waals surface area contributed by atoms with Crippen LogP contribution in [0, 0.1) is 16.0 Å². The third-order valence-electron chi connectivity index (χ3n) is 5.70. The summed E-state index contributed by atoms with van der Waals surface area (Å²) in [4.78, 5) is 52.2. The first-order chi connectivity index (χ1) is 17.6. The van der Waals surface area contributed by atoms with Crippen LogP contribution in [0.1, 0.15) is 32.3 Å². The Hall–Kier alpha value is -4.54. The summed E-state index contributed by atoms with van der Waals surface area (Å²) < 4.78 is 16.0. The predicted octanol–water partition coefficient (Wildman–Crippen LogP) is 3.80. The fourth-order valence-electron chi connectivity index (χ4n) is 4.14. The lowest BCUT2D eigenvalue weighted by Crippen LogP contribution is -2.36. The van der Waals surface area contributed by atoms with Crippen LogP contribution in [0.2, 0.25) is 0 Å². The highest BCUT2D eigenvalue weighted by atomic mass is 16.6. The molecule has 2 aromatic rings. The zero-order valence-electron chi connectivity index (χ0n) is 20.8. The molecule has 1 N–H and O–H groups in total. The highest BCUT2D eigenvalue weighted by Gasteiger charge is 2.42. The van der Waals surface area contributed by atoms with E-state index < -0.39 is 28.7 Å². The number of hydrogen-bond donors (Lipinski definition) is 1. The molecular formula is C26H27N3O8. The van der Waals surface area contributed by atoms with Crippen molar-refractivity contribution in [1.29, 1.82) is 0 Å². The second-order valence-corrected chi connectivity index (χ2v) is 8.27. The first kappa shape index (κ1) is 27.1. The number of benzene rings is 2. The lowest BCUT2D eigenvalue weighted by Gasteiger charge is -2.31. The topological polar surface area (TPSA) is 146 Å². The van der Waals surface area contributed by atoms with Crippen LogP contribution >= 0.6 is 0 Å². The van der Waals surface area contributed by atoms with Crippen molar-refractivity contribution in [2.24, 2.45) is 10.9 Å². The Bertz CT molecular complexity index is 1270. The molecule has 0 saturated heterocycles. The van der Waals surface area contributed by atoms with Gasteiger partial charge < -0.3 is 19.5 Å². The van der Waals surface area contributed by atoms with Gasteiger partial charge in [0.25, 0.3) is 5.69 Å². The van der Waals surface area contributed by atoms with Gasteiger partial charge in [-0.2, -0.15) is 0 Å². The number of hydrogen-bond acceptors (Lipinski definition) is 9. The minimum atomic E-state index is -0.961. The number of methoxy groups -OCH3 is 1. The van der Waals surface area contributed by atoms with Crippen LogP contribution in [0.5, 0.6) is 5.75 Å². The molecule has 2 atom stereocenters. The molecule has 194 valence electrons. The van der Waals surface area contributed by atoms with E-state index in [0.717, 1.165) is 0 Å². The zero-order valence-corrected chi connectivity index (χ0v) is 20.8. The van der Waals surface area contributed by atoms with Gasteiger partial charge in [-0.25, -0.2) is 4.79 Å². The fourth-order valence-corrected chi connectivity index (χ4v) is 4.14.